The fourth-order valence-electron chi connectivity index (χ4n) is 1.20. The molecule has 12 heavy (non-hydrogen) atoms. The summed E-state index contributed by atoms with van der Waals surface area (Å²) in [5.41, 5.74) is -0.112. The maximum Gasteiger partial charge on any atom is 0.224 e. The molecule has 0 saturated carbocycles. The molecule has 0 amide bonds. The fraction of sp³-hybridized carbons (Fsp3) is 1.00. The van der Waals surface area contributed by atoms with Crippen molar-refractivity contribution in [2.45, 2.75) is 45.6 Å². The second-order valence-electron chi connectivity index (χ2n) is 2.80. The second kappa shape index (κ2) is 5.10. The highest BCUT2D eigenvalue weighted by Gasteiger charge is 2.25. The highest BCUT2D eigenvalue weighted by Crippen LogP contribution is 2.67. The molecule has 0 aromatic carbocycles. The molecule has 0 aromatic heterocycles. The number of nitrogens with zero attached hydrogens (tertiary/aromatic N) is 1. The molecule has 74 valence electrons. The molecular formula is C7H15Cl3NP. The molecule has 0 N–H and O–H groups in total. The van der Waals surface area contributed by atoms with Crippen molar-refractivity contribution < 1.29 is 0 Å². The first-order valence-electron chi connectivity index (χ1n) is 4.11. The molecule has 0 aliphatic rings. The minimum atomic E-state index is -2.55. The van der Waals surface area contributed by atoms with Gasteiger partial charge in [-0.2, -0.15) is 0 Å². The lowest BCUT2D eigenvalue weighted by Crippen LogP contribution is -2.22. The Bertz CT molecular complexity index is 167. The fourth-order valence-corrected chi connectivity index (χ4v) is 3.55. The molecule has 0 bridgehead atoms. The van der Waals surface area contributed by atoms with Crippen LogP contribution in [0.1, 0.15) is 40.0 Å². The third-order valence-electron chi connectivity index (χ3n) is 2.30. The molecule has 0 radical (unpaired) electrons. The summed E-state index contributed by atoms with van der Waals surface area (Å²) in [6, 6.07) is 0. The Labute approximate surface area is 89.2 Å². The van der Waals surface area contributed by atoms with E-state index in [0.29, 0.717) is 0 Å². The second-order valence-corrected chi connectivity index (χ2v) is 9.80. The predicted octanol–water partition coefficient (Wildman–Crippen LogP) is 5.62. The van der Waals surface area contributed by atoms with Crippen LogP contribution in [0.15, 0.2) is 4.74 Å². The normalized spacial score (nSPS) is 13.2. The van der Waals surface area contributed by atoms with Gasteiger partial charge in [0.1, 0.15) is 0 Å². The van der Waals surface area contributed by atoms with Crippen LogP contribution in [0, 0.1) is 0 Å². The lowest BCUT2D eigenvalue weighted by molar-refractivity contribution is 0.391. The van der Waals surface area contributed by atoms with Crippen molar-refractivity contribution in [2.75, 3.05) is 0 Å². The first-order chi connectivity index (χ1) is 5.39. The van der Waals surface area contributed by atoms with Gasteiger partial charge in [-0.25, -0.2) is 0 Å². The van der Waals surface area contributed by atoms with Crippen LogP contribution in [0.3, 0.4) is 0 Å². The van der Waals surface area contributed by atoms with Gasteiger partial charge in [-0.3, -0.25) is 4.74 Å². The summed E-state index contributed by atoms with van der Waals surface area (Å²) in [7, 11) is 0. The molecule has 1 nitrogen and oxygen atoms in total. The van der Waals surface area contributed by atoms with Crippen LogP contribution >= 0.6 is 38.8 Å². The summed E-state index contributed by atoms with van der Waals surface area (Å²) in [6.45, 7) is 6.24. The van der Waals surface area contributed by atoms with Crippen LogP contribution < -0.4 is 0 Å². The van der Waals surface area contributed by atoms with E-state index >= 15 is 0 Å². The smallest absolute Gasteiger partial charge is 0.224 e. The van der Waals surface area contributed by atoms with Gasteiger partial charge in [0.2, 0.25) is 5.11 Å². The Morgan fingerprint density at radius 1 is 1.00 bits per heavy atom. The van der Waals surface area contributed by atoms with Gasteiger partial charge < -0.3 is 0 Å². The van der Waals surface area contributed by atoms with E-state index in [-0.39, 0.29) is 5.54 Å². The van der Waals surface area contributed by atoms with Crippen LogP contribution in [0.4, 0.5) is 0 Å². The van der Waals surface area contributed by atoms with Gasteiger partial charge in [-0.05, 0) is 53.0 Å². The van der Waals surface area contributed by atoms with Crippen molar-refractivity contribution in [3.05, 3.63) is 0 Å². The van der Waals surface area contributed by atoms with E-state index < -0.39 is 5.11 Å². The summed E-state index contributed by atoms with van der Waals surface area (Å²) in [5.74, 6) is 0. The summed E-state index contributed by atoms with van der Waals surface area (Å²) in [4.78, 5) is 0. The molecule has 0 heterocycles. The summed E-state index contributed by atoms with van der Waals surface area (Å²) < 4.78 is 4.30. The van der Waals surface area contributed by atoms with Gasteiger partial charge in [0.15, 0.2) is 0 Å². The monoisotopic (exact) mass is 249 g/mol. The van der Waals surface area contributed by atoms with E-state index in [1.807, 2.05) is 0 Å². The Morgan fingerprint density at radius 2 is 1.33 bits per heavy atom. The predicted molar refractivity (Wildman–Crippen MR) is 60.5 cm³/mol. The van der Waals surface area contributed by atoms with Gasteiger partial charge in [-0.1, -0.05) is 20.8 Å². The largest absolute Gasteiger partial charge is 0.254 e. The Balaban J connectivity index is 4.75. The zero-order chi connectivity index (χ0) is 9.83. The minimum absolute atomic E-state index is 0.112. The Morgan fingerprint density at radius 3 is 1.42 bits per heavy atom. The molecule has 0 unspecified atom stereocenters. The van der Waals surface area contributed by atoms with Gasteiger partial charge in [0.05, 0.1) is 5.54 Å². The first-order valence-corrected chi connectivity index (χ1v) is 8.57. The van der Waals surface area contributed by atoms with Gasteiger partial charge >= 0.3 is 0 Å². The highest BCUT2D eigenvalue weighted by molar-refractivity contribution is 8.26. The van der Waals surface area contributed by atoms with E-state index in [1.54, 1.807) is 0 Å². The molecule has 0 fully saturated rings. The van der Waals surface area contributed by atoms with Crippen LogP contribution in [-0.4, -0.2) is 5.54 Å². The van der Waals surface area contributed by atoms with Gasteiger partial charge in [0, 0.05) is 0 Å². The summed E-state index contributed by atoms with van der Waals surface area (Å²) in [5, 5.41) is -2.55. The quantitative estimate of drug-likeness (QED) is 0.574. The minimum Gasteiger partial charge on any atom is -0.254 e. The average Bonchev–Trinajstić information content (AvgIpc) is 1.99. The zero-order valence-electron chi connectivity index (χ0n) is 7.65. The maximum absolute atomic E-state index is 5.73. The van der Waals surface area contributed by atoms with Crippen molar-refractivity contribution in [1.29, 1.82) is 0 Å². The van der Waals surface area contributed by atoms with Crippen LogP contribution in [0.25, 0.3) is 0 Å². The Hall–Kier alpha value is 1.10. The third kappa shape index (κ3) is 4.37. The molecule has 5 heteroatoms. The number of hydrogen-bond acceptors (Lipinski definition) is 1. The standard InChI is InChI=1S/C7H15Cl3NP/c1-4-7(5-2,6-3)11-12(8,9)10/h4-6H2,1-3H3. The lowest BCUT2D eigenvalue weighted by atomic mass is 9.91. The first kappa shape index (κ1) is 13.1. The van der Waals surface area contributed by atoms with Crippen molar-refractivity contribution >= 4 is 38.8 Å². The van der Waals surface area contributed by atoms with Gasteiger partial charge in [0.25, 0.3) is 0 Å². The molecule has 0 saturated heterocycles. The van der Waals surface area contributed by atoms with E-state index in [9.17, 15) is 0 Å². The van der Waals surface area contributed by atoms with Crippen LogP contribution in [-0.2, 0) is 0 Å². The SMILES string of the molecule is CCC(CC)(CC)N=P(Cl)(Cl)Cl. The Kier molecular flexibility index (Phi) is 5.57. The summed E-state index contributed by atoms with van der Waals surface area (Å²) >= 11 is 17.2. The molecule has 0 aromatic rings. The molecule has 0 atom stereocenters. The molecule has 0 aliphatic heterocycles. The molecular weight excluding hydrogens is 235 g/mol. The van der Waals surface area contributed by atoms with E-state index in [0.717, 1.165) is 19.3 Å². The van der Waals surface area contributed by atoms with Crippen LogP contribution in [0.2, 0.25) is 0 Å². The van der Waals surface area contributed by atoms with Crippen LogP contribution in [0.5, 0.6) is 0 Å². The molecule has 0 rings (SSSR count). The average molecular weight is 251 g/mol. The van der Waals surface area contributed by atoms with Crippen molar-refractivity contribution in [3.8, 4) is 0 Å². The van der Waals surface area contributed by atoms with Gasteiger partial charge in [-0.15, -0.1) is 0 Å². The van der Waals surface area contributed by atoms with Crippen molar-refractivity contribution in [1.82, 2.24) is 0 Å². The van der Waals surface area contributed by atoms with E-state index in [4.69, 9.17) is 33.7 Å². The topological polar surface area (TPSA) is 12.4 Å². The highest BCUT2D eigenvalue weighted by atomic mass is 36.0. The van der Waals surface area contributed by atoms with E-state index in [1.165, 1.54) is 0 Å². The number of rotatable bonds is 4. The number of hydrogen-bond donors (Lipinski definition) is 0. The van der Waals surface area contributed by atoms with Crippen molar-refractivity contribution in [2.24, 2.45) is 4.74 Å². The third-order valence-corrected chi connectivity index (χ3v) is 3.63. The summed E-state index contributed by atoms with van der Waals surface area (Å²) in [6.07, 6.45) is 2.82. The van der Waals surface area contributed by atoms with Crippen molar-refractivity contribution in [3.63, 3.8) is 0 Å². The molecule has 0 spiro atoms. The maximum atomic E-state index is 5.73. The zero-order valence-corrected chi connectivity index (χ0v) is 10.8. The molecule has 0 aliphatic carbocycles. The van der Waals surface area contributed by atoms with E-state index in [2.05, 4.69) is 25.5 Å². The lowest BCUT2D eigenvalue weighted by Gasteiger charge is -2.26. The number of halogens is 3.